The number of sulfone groups is 1. The first-order valence-corrected chi connectivity index (χ1v) is 10.5. The zero-order chi connectivity index (χ0) is 19.4. The number of carbonyl (C=O) groups is 2. The van der Waals surface area contributed by atoms with Crippen LogP contribution in [0.1, 0.15) is 35.7 Å². The van der Waals surface area contributed by atoms with Crippen molar-refractivity contribution in [2.45, 2.75) is 31.2 Å². The fourth-order valence-corrected chi connectivity index (χ4v) is 3.90. The molecule has 1 N–H and O–H groups in total. The molecule has 1 aliphatic heterocycles. The van der Waals surface area contributed by atoms with E-state index in [9.17, 15) is 18.0 Å². The number of nitrogens with zero attached hydrogens (tertiary/aromatic N) is 1. The molecular formula is C20H22N2O4S. The molecule has 0 spiro atoms. The van der Waals surface area contributed by atoms with Gasteiger partial charge in [0.2, 0.25) is 5.91 Å². The van der Waals surface area contributed by atoms with Gasteiger partial charge in [-0.15, -0.1) is 0 Å². The highest BCUT2D eigenvalue weighted by Crippen LogP contribution is 2.18. The maximum atomic E-state index is 12.5. The van der Waals surface area contributed by atoms with Crippen molar-refractivity contribution in [3.63, 3.8) is 0 Å². The van der Waals surface area contributed by atoms with Crippen LogP contribution in [-0.4, -0.2) is 37.4 Å². The zero-order valence-electron chi connectivity index (χ0n) is 15.1. The molecule has 0 unspecified atom stereocenters. The predicted octanol–water partition coefficient (Wildman–Crippen LogP) is 2.85. The van der Waals surface area contributed by atoms with Gasteiger partial charge in [-0.2, -0.15) is 0 Å². The fraction of sp³-hybridized carbons (Fsp3) is 0.300. The summed E-state index contributed by atoms with van der Waals surface area (Å²) in [5.41, 5.74) is 1.92. The minimum atomic E-state index is -3.26. The Kier molecular flexibility index (Phi) is 5.60. The van der Waals surface area contributed by atoms with E-state index in [1.807, 2.05) is 6.07 Å². The molecule has 6 nitrogen and oxygen atoms in total. The summed E-state index contributed by atoms with van der Waals surface area (Å²) in [5, 5.41) is 2.77. The van der Waals surface area contributed by atoms with Gasteiger partial charge in [-0.1, -0.05) is 19.1 Å². The van der Waals surface area contributed by atoms with Crippen molar-refractivity contribution in [1.82, 2.24) is 4.90 Å². The third-order valence-electron chi connectivity index (χ3n) is 4.59. The van der Waals surface area contributed by atoms with E-state index in [2.05, 4.69) is 5.32 Å². The van der Waals surface area contributed by atoms with Crippen LogP contribution in [0.15, 0.2) is 53.4 Å². The molecule has 0 saturated carbocycles. The molecular weight excluding hydrogens is 364 g/mol. The first-order valence-electron chi connectivity index (χ1n) is 8.90. The number of nitrogens with one attached hydrogen (secondary N) is 1. The van der Waals surface area contributed by atoms with Crippen molar-refractivity contribution in [2.24, 2.45) is 0 Å². The maximum Gasteiger partial charge on any atom is 0.255 e. The molecule has 0 radical (unpaired) electrons. The van der Waals surface area contributed by atoms with E-state index < -0.39 is 9.84 Å². The summed E-state index contributed by atoms with van der Waals surface area (Å²) in [7, 11) is -3.26. The first kappa shape index (κ1) is 19.1. The van der Waals surface area contributed by atoms with E-state index in [1.165, 1.54) is 12.1 Å². The lowest BCUT2D eigenvalue weighted by molar-refractivity contribution is -0.128. The molecule has 142 valence electrons. The number of benzene rings is 2. The molecule has 2 amide bonds. The Morgan fingerprint density at radius 1 is 1.15 bits per heavy atom. The fourth-order valence-electron chi connectivity index (χ4n) is 3.02. The summed E-state index contributed by atoms with van der Waals surface area (Å²) < 4.78 is 23.7. The van der Waals surface area contributed by atoms with Crippen LogP contribution in [0.5, 0.6) is 0 Å². The van der Waals surface area contributed by atoms with Gasteiger partial charge in [0.1, 0.15) is 0 Å². The van der Waals surface area contributed by atoms with Crippen LogP contribution in [0, 0.1) is 0 Å². The molecule has 27 heavy (non-hydrogen) atoms. The van der Waals surface area contributed by atoms with Gasteiger partial charge in [0, 0.05) is 30.8 Å². The number of likely N-dealkylation sites (tertiary alicyclic amines) is 1. The lowest BCUT2D eigenvalue weighted by Crippen LogP contribution is -2.24. The summed E-state index contributed by atoms with van der Waals surface area (Å²) in [6.45, 7) is 2.85. The number of carbonyl (C=O) groups excluding carboxylic acids is 2. The van der Waals surface area contributed by atoms with Gasteiger partial charge in [-0.25, -0.2) is 8.42 Å². The summed E-state index contributed by atoms with van der Waals surface area (Å²) in [6, 6.07) is 13.3. The van der Waals surface area contributed by atoms with E-state index in [-0.39, 0.29) is 22.5 Å². The standard InChI is InChI=1S/C20H22N2O4S/c1-2-27(25,26)18-10-8-17(9-11-18)21-20(24)16-6-3-5-15(13-16)14-22-12-4-7-19(22)23/h3,5-6,8-11,13H,2,4,7,12,14H2,1H3,(H,21,24). The normalized spacial score (nSPS) is 14.4. The van der Waals surface area contributed by atoms with E-state index in [4.69, 9.17) is 0 Å². The van der Waals surface area contributed by atoms with Gasteiger partial charge < -0.3 is 10.2 Å². The summed E-state index contributed by atoms with van der Waals surface area (Å²) in [4.78, 5) is 26.3. The number of anilines is 1. The Morgan fingerprint density at radius 2 is 1.89 bits per heavy atom. The zero-order valence-corrected chi connectivity index (χ0v) is 16.0. The smallest absolute Gasteiger partial charge is 0.255 e. The van der Waals surface area contributed by atoms with E-state index in [1.54, 1.807) is 42.2 Å². The highest BCUT2D eigenvalue weighted by Gasteiger charge is 2.20. The predicted molar refractivity (Wildman–Crippen MR) is 103 cm³/mol. The average Bonchev–Trinajstić information content (AvgIpc) is 3.07. The van der Waals surface area contributed by atoms with Gasteiger partial charge >= 0.3 is 0 Å². The van der Waals surface area contributed by atoms with Crippen molar-refractivity contribution >= 4 is 27.3 Å². The minimum Gasteiger partial charge on any atom is -0.338 e. The molecule has 0 bridgehead atoms. The molecule has 0 atom stereocenters. The van der Waals surface area contributed by atoms with Crippen LogP contribution in [0.25, 0.3) is 0 Å². The summed E-state index contributed by atoms with van der Waals surface area (Å²) in [6.07, 6.45) is 1.46. The maximum absolute atomic E-state index is 12.5. The van der Waals surface area contributed by atoms with Crippen molar-refractivity contribution in [1.29, 1.82) is 0 Å². The van der Waals surface area contributed by atoms with Crippen molar-refractivity contribution < 1.29 is 18.0 Å². The second-order valence-electron chi connectivity index (χ2n) is 6.50. The lowest BCUT2D eigenvalue weighted by atomic mass is 10.1. The summed E-state index contributed by atoms with van der Waals surface area (Å²) >= 11 is 0. The van der Waals surface area contributed by atoms with Gasteiger partial charge in [0.05, 0.1) is 10.6 Å². The van der Waals surface area contributed by atoms with Crippen molar-refractivity contribution in [2.75, 3.05) is 17.6 Å². The quantitative estimate of drug-likeness (QED) is 0.827. The van der Waals surface area contributed by atoms with Gasteiger partial charge in [0.25, 0.3) is 5.91 Å². The lowest BCUT2D eigenvalue weighted by Gasteiger charge is -2.16. The molecule has 1 heterocycles. The van der Waals surface area contributed by atoms with Crippen LogP contribution < -0.4 is 5.32 Å². The Balaban J connectivity index is 1.69. The Hall–Kier alpha value is -2.67. The largest absolute Gasteiger partial charge is 0.338 e. The Morgan fingerprint density at radius 3 is 2.52 bits per heavy atom. The minimum absolute atomic E-state index is 0.0328. The van der Waals surface area contributed by atoms with Crippen molar-refractivity contribution in [3.05, 3.63) is 59.7 Å². The molecule has 2 aromatic rings. The van der Waals surface area contributed by atoms with Crippen LogP contribution in [0.2, 0.25) is 0 Å². The summed E-state index contributed by atoms with van der Waals surface area (Å²) in [5.74, 6) is -0.104. The Labute approximate surface area is 159 Å². The number of hydrogen-bond donors (Lipinski definition) is 1. The highest BCUT2D eigenvalue weighted by atomic mass is 32.2. The van der Waals surface area contributed by atoms with Crippen LogP contribution in [0.4, 0.5) is 5.69 Å². The van der Waals surface area contributed by atoms with Gasteiger partial charge in [-0.05, 0) is 48.4 Å². The number of hydrogen-bond acceptors (Lipinski definition) is 4. The molecule has 3 rings (SSSR count). The monoisotopic (exact) mass is 386 g/mol. The first-order chi connectivity index (χ1) is 12.9. The van der Waals surface area contributed by atoms with E-state index >= 15 is 0 Å². The third-order valence-corrected chi connectivity index (χ3v) is 6.34. The number of rotatable bonds is 6. The molecule has 7 heteroatoms. The molecule has 1 aliphatic rings. The van der Waals surface area contributed by atoms with Gasteiger partial charge in [-0.3, -0.25) is 9.59 Å². The van der Waals surface area contributed by atoms with E-state index in [0.29, 0.717) is 24.2 Å². The highest BCUT2D eigenvalue weighted by molar-refractivity contribution is 7.91. The third kappa shape index (κ3) is 4.54. The van der Waals surface area contributed by atoms with Gasteiger partial charge in [0.15, 0.2) is 9.84 Å². The molecule has 1 saturated heterocycles. The molecule has 0 aliphatic carbocycles. The van der Waals surface area contributed by atoms with E-state index in [0.717, 1.165) is 18.5 Å². The molecule has 1 fully saturated rings. The second-order valence-corrected chi connectivity index (χ2v) is 8.78. The van der Waals surface area contributed by atoms with Crippen LogP contribution >= 0.6 is 0 Å². The number of amides is 2. The van der Waals surface area contributed by atoms with Crippen LogP contribution in [-0.2, 0) is 21.2 Å². The molecule has 2 aromatic carbocycles. The second kappa shape index (κ2) is 7.92. The van der Waals surface area contributed by atoms with Crippen molar-refractivity contribution in [3.8, 4) is 0 Å². The average molecular weight is 386 g/mol. The Bertz CT molecular complexity index is 952. The molecule has 0 aromatic heterocycles. The SMILES string of the molecule is CCS(=O)(=O)c1ccc(NC(=O)c2cccc(CN3CCCC3=O)c2)cc1. The van der Waals surface area contributed by atoms with Crippen LogP contribution in [0.3, 0.4) is 0 Å². The topological polar surface area (TPSA) is 83.6 Å².